The molecule has 0 saturated carbocycles. The van der Waals surface area contributed by atoms with Gasteiger partial charge in [0.2, 0.25) is 0 Å². The van der Waals surface area contributed by atoms with Gasteiger partial charge in [0, 0.05) is 25.7 Å². The fraction of sp³-hybridized carbons (Fsp3) is 0.944. The van der Waals surface area contributed by atoms with Crippen molar-refractivity contribution < 1.29 is 80.2 Å². The third-order valence-corrected chi connectivity index (χ3v) is 18.8. The number of esters is 4. The van der Waals surface area contributed by atoms with Gasteiger partial charge in [0.05, 0.1) is 26.4 Å². The molecule has 3 N–H and O–H groups in total. The summed E-state index contributed by atoms with van der Waals surface area (Å²) in [5.74, 6) is 0.855. The van der Waals surface area contributed by atoms with Gasteiger partial charge in [-0.15, -0.1) is 0 Å². The van der Waals surface area contributed by atoms with Crippen LogP contribution in [0.1, 0.15) is 357 Å². The molecule has 17 nitrogen and oxygen atoms in total. The van der Waals surface area contributed by atoms with E-state index in [0.717, 1.165) is 114 Å². The molecule has 19 heteroatoms. The average molecular weight is 1340 g/mol. The van der Waals surface area contributed by atoms with Gasteiger partial charge >= 0.3 is 39.5 Å². The van der Waals surface area contributed by atoms with Gasteiger partial charge in [-0.05, 0) is 49.4 Å². The van der Waals surface area contributed by atoms with E-state index in [-0.39, 0.29) is 25.7 Å². The van der Waals surface area contributed by atoms with Gasteiger partial charge in [0.1, 0.15) is 19.3 Å². The van der Waals surface area contributed by atoms with Crippen LogP contribution in [-0.4, -0.2) is 96.7 Å². The minimum atomic E-state index is -4.95. The van der Waals surface area contributed by atoms with E-state index in [2.05, 4.69) is 55.4 Å². The number of aliphatic hydroxyl groups is 1. The van der Waals surface area contributed by atoms with E-state index in [1.54, 1.807) is 0 Å². The molecule has 6 atom stereocenters. The number of ether oxygens (including phenoxy) is 4. The van der Waals surface area contributed by atoms with E-state index in [9.17, 15) is 43.2 Å². The van der Waals surface area contributed by atoms with Gasteiger partial charge in [0.25, 0.3) is 0 Å². The second-order valence-corrected chi connectivity index (χ2v) is 30.6. The molecule has 0 rings (SSSR count). The van der Waals surface area contributed by atoms with Crippen LogP contribution in [0.15, 0.2) is 0 Å². The minimum Gasteiger partial charge on any atom is -0.462 e. The molecule has 3 unspecified atom stereocenters. The predicted octanol–water partition coefficient (Wildman–Crippen LogP) is 20.5. The Morgan fingerprint density at radius 3 is 0.780 bits per heavy atom. The lowest BCUT2D eigenvalue weighted by molar-refractivity contribution is -0.161. The van der Waals surface area contributed by atoms with E-state index in [1.165, 1.54) is 154 Å². The summed E-state index contributed by atoms with van der Waals surface area (Å²) >= 11 is 0. The lowest BCUT2D eigenvalue weighted by atomic mass is 10.00. The molecule has 540 valence electrons. The molecule has 0 fully saturated rings. The van der Waals surface area contributed by atoms with E-state index in [0.29, 0.717) is 31.6 Å². The van der Waals surface area contributed by atoms with Crippen molar-refractivity contribution in [2.24, 2.45) is 23.7 Å². The van der Waals surface area contributed by atoms with Crippen molar-refractivity contribution in [3.63, 3.8) is 0 Å². The Hall–Kier alpha value is -1.94. The molecule has 0 aromatic carbocycles. The lowest BCUT2D eigenvalue weighted by Gasteiger charge is -2.21. The highest BCUT2D eigenvalue weighted by Gasteiger charge is 2.30. The zero-order valence-electron chi connectivity index (χ0n) is 59.5. The Bertz CT molecular complexity index is 1800. The normalized spacial score (nSPS) is 14.5. The average Bonchev–Trinajstić information content (AvgIpc) is 3.71. The summed E-state index contributed by atoms with van der Waals surface area (Å²) < 4.78 is 68.3. The highest BCUT2D eigenvalue weighted by molar-refractivity contribution is 7.47. The molecule has 0 heterocycles. The molecule has 0 amide bonds. The fourth-order valence-corrected chi connectivity index (χ4v) is 12.4. The highest BCUT2D eigenvalue weighted by Crippen LogP contribution is 2.45. The summed E-state index contributed by atoms with van der Waals surface area (Å²) in [4.78, 5) is 72.6. The Morgan fingerprint density at radius 2 is 0.527 bits per heavy atom. The summed E-state index contributed by atoms with van der Waals surface area (Å²) in [6.07, 6.45) is 44.6. The fourth-order valence-electron chi connectivity index (χ4n) is 10.8. The van der Waals surface area contributed by atoms with Crippen LogP contribution in [-0.2, 0) is 65.4 Å². The van der Waals surface area contributed by atoms with E-state index in [1.807, 2.05) is 0 Å². The molecule has 0 aliphatic rings. The topological polar surface area (TPSA) is 237 Å². The maximum Gasteiger partial charge on any atom is 0.472 e. The summed E-state index contributed by atoms with van der Waals surface area (Å²) in [5.41, 5.74) is 0. The largest absolute Gasteiger partial charge is 0.472 e. The van der Waals surface area contributed by atoms with Crippen molar-refractivity contribution in [2.75, 3.05) is 39.6 Å². The van der Waals surface area contributed by atoms with Crippen LogP contribution in [0.3, 0.4) is 0 Å². The Labute approximate surface area is 556 Å². The molecule has 0 aromatic heterocycles. The second kappa shape index (κ2) is 61.6. The summed E-state index contributed by atoms with van der Waals surface area (Å²) in [6, 6.07) is 0. The van der Waals surface area contributed by atoms with Crippen LogP contribution in [0.4, 0.5) is 0 Å². The number of carbonyl (C=O) groups excluding carboxylic acids is 4. The zero-order chi connectivity index (χ0) is 67.5. The SMILES string of the molecule is CCC(C)CCCCCCCCC(=O)OC[C@H](COP(=O)(O)OC[C@H](O)COP(=O)(O)OC[C@@H](COC(=O)CCCCCCCCCCCCCCCCCC(C)C)OC(=O)CCCCCCCCCCCCC(C)C)OC(=O)CCCCCCCCCC(C)C. The minimum absolute atomic E-state index is 0.102. The van der Waals surface area contributed by atoms with Crippen LogP contribution in [0.5, 0.6) is 0 Å². The number of phosphoric acid groups is 2. The van der Waals surface area contributed by atoms with Crippen molar-refractivity contribution in [1.29, 1.82) is 0 Å². The van der Waals surface area contributed by atoms with E-state index in [4.69, 9.17) is 37.0 Å². The second-order valence-electron chi connectivity index (χ2n) is 27.6. The predicted molar refractivity (Wildman–Crippen MR) is 367 cm³/mol. The van der Waals surface area contributed by atoms with Crippen molar-refractivity contribution in [3.05, 3.63) is 0 Å². The number of hydrogen-bond donors (Lipinski definition) is 3. The van der Waals surface area contributed by atoms with Gasteiger partial charge in [-0.2, -0.15) is 0 Å². The van der Waals surface area contributed by atoms with Gasteiger partial charge in [-0.25, -0.2) is 9.13 Å². The van der Waals surface area contributed by atoms with Gasteiger partial charge in [-0.1, -0.05) is 306 Å². The maximum atomic E-state index is 13.0. The summed E-state index contributed by atoms with van der Waals surface area (Å²) in [7, 11) is -9.90. The first kappa shape index (κ1) is 89.1. The van der Waals surface area contributed by atoms with Crippen molar-refractivity contribution >= 4 is 39.5 Å². The van der Waals surface area contributed by atoms with Crippen molar-refractivity contribution in [1.82, 2.24) is 0 Å². The first-order valence-electron chi connectivity index (χ1n) is 37.2. The molecular weight excluding hydrogens is 1200 g/mol. The number of aliphatic hydroxyl groups excluding tert-OH is 1. The monoisotopic (exact) mass is 1340 g/mol. The highest BCUT2D eigenvalue weighted by atomic mass is 31.2. The lowest BCUT2D eigenvalue weighted by Crippen LogP contribution is -2.30. The van der Waals surface area contributed by atoms with Crippen LogP contribution in [0.25, 0.3) is 0 Å². The van der Waals surface area contributed by atoms with Crippen molar-refractivity contribution in [2.45, 2.75) is 375 Å². The van der Waals surface area contributed by atoms with Crippen LogP contribution < -0.4 is 0 Å². The zero-order valence-corrected chi connectivity index (χ0v) is 61.3. The molecule has 0 aromatic rings. The number of unbranched alkanes of at least 4 members (excludes halogenated alkanes) is 34. The third-order valence-electron chi connectivity index (χ3n) is 16.9. The molecule has 0 bridgehead atoms. The van der Waals surface area contributed by atoms with Crippen LogP contribution >= 0.6 is 15.6 Å². The summed E-state index contributed by atoms with van der Waals surface area (Å²) in [6.45, 7) is 14.1. The smallest absolute Gasteiger partial charge is 0.462 e. The number of rotatable bonds is 69. The molecule has 0 saturated heterocycles. The number of phosphoric ester groups is 2. The molecule has 0 radical (unpaired) electrons. The molecule has 0 aliphatic heterocycles. The Kier molecular flexibility index (Phi) is 60.3. The first-order valence-corrected chi connectivity index (χ1v) is 40.2. The third kappa shape index (κ3) is 65.1. The number of hydrogen-bond acceptors (Lipinski definition) is 15. The Balaban J connectivity index is 5.22. The molecular formula is C72H140O17P2. The quantitative estimate of drug-likeness (QED) is 0.0222. The van der Waals surface area contributed by atoms with Crippen LogP contribution in [0, 0.1) is 23.7 Å². The van der Waals surface area contributed by atoms with Gasteiger partial charge in [-0.3, -0.25) is 37.3 Å². The van der Waals surface area contributed by atoms with Crippen LogP contribution in [0.2, 0.25) is 0 Å². The molecule has 91 heavy (non-hydrogen) atoms. The van der Waals surface area contributed by atoms with Gasteiger partial charge in [0.15, 0.2) is 12.2 Å². The maximum absolute atomic E-state index is 13.0. The molecule has 0 aliphatic carbocycles. The van der Waals surface area contributed by atoms with Crippen molar-refractivity contribution in [3.8, 4) is 0 Å². The first-order chi connectivity index (χ1) is 43.6. The standard InChI is InChI=1S/C72H140O17P2/c1-9-65(8)51-43-35-30-31-37-45-53-70(75)83-59-68(89-72(77)55-47-39-29-23-26-34-42-50-64(6)7)61-87-91(80,81)85-57-66(73)56-84-90(78,79)86-60-67(88-71(76)54-46-38-28-22-18-17-20-25-33-41-49-63(4)5)58-82-69(74)52-44-36-27-21-16-14-12-10-11-13-15-19-24-32-40-48-62(2)3/h62-68,73H,9-61H2,1-8H3,(H,78,79)(H,80,81)/t65?,66-,67-,68-/m1/s1. The van der Waals surface area contributed by atoms with E-state index >= 15 is 0 Å². The molecule has 0 spiro atoms. The van der Waals surface area contributed by atoms with Gasteiger partial charge < -0.3 is 33.8 Å². The number of carbonyl (C=O) groups is 4. The summed E-state index contributed by atoms with van der Waals surface area (Å²) in [5, 5.41) is 10.6. The van der Waals surface area contributed by atoms with E-state index < -0.39 is 97.5 Å². The Morgan fingerprint density at radius 1 is 0.308 bits per heavy atom.